The van der Waals surface area contributed by atoms with Crippen LogP contribution in [0.15, 0.2) is 64.5 Å². The molecule has 0 spiro atoms. The summed E-state index contributed by atoms with van der Waals surface area (Å²) in [5.41, 5.74) is 7.83. The first-order chi connectivity index (χ1) is 18.3. The van der Waals surface area contributed by atoms with Gasteiger partial charge in [-0.05, 0) is 36.2 Å². The van der Waals surface area contributed by atoms with Crippen molar-refractivity contribution in [1.29, 1.82) is 0 Å². The van der Waals surface area contributed by atoms with E-state index in [4.69, 9.17) is 10.5 Å². The zero-order valence-electron chi connectivity index (χ0n) is 20.4. The van der Waals surface area contributed by atoms with E-state index in [0.29, 0.717) is 24.7 Å². The second kappa shape index (κ2) is 10.8. The molecule has 2 aromatic rings. The largest absolute Gasteiger partial charge is 0.416 e. The van der Waals surface area contributed by atoms with Gasteiger partial charge in [-0.2, -0.15) is 18.3 Å². The molecule has 3 aliphatic heterocycles. The first-order valence-electron chi connectivity index (χ1n) is 12.1. The van der Waals surface area contributed by atoms with Crippen LogP contribution < -0.4 is 16.4 Å². The summed E-state index contributed by atoms with van der Waals surface area (Å²) in [6, 6.07) is 7.81. The Bertz CT molecular complexity index is 1250. The molecular formula is C25H27F3N8O2. The van der Waals surface area contributed by atoms with Crippen LogP contribution in [0.3, 0.4) is 0 Å². The first kappa shape index (κ1) is 25.7. The van der Waals surface area contributed by atoms with Crippen molar-refractivity contribution in [1.82, 2.24) is 14.9 Å². The normalized spacial score (nSPS) is 21.8. The fourth-order valence-electron chi connectivity index (χ4n) is 4.72. The molecule has 0 radical (unpaired) electrons. The lowest BCUT2D eigenvalue weighted by molar-refractivity contribution is -0.137. The number of hydrogen-bond donors (Lipinski definition) is 3. The topological polar surface area (TPSA) is 120 Å². The van der Waals surface area contributed by atoms with Crippen molar-refractivity contribution >= 4 is 29.7 Å². The van der Waals surface area contributed by atoms with Gasteiger partial charge in [0.1, 0.15) is 24.0 Å². The molecule has 1 fully saturated rings. The summed E-state index contributed by atoms with van der Waals surface area (Å²) in [6.07, 6.45) is 1.03. The Morgan fingerprint density at radius 2 is 1.95 bits per heavy atom. The predicted molar refractivity (Wildman–Crippen MR) is 137 cm³/mol. The zero-order valence-corrected chi connectivity index (χ0v) is 20.4. The van der Waals surface area contributed by atoms with Crippen molar-refractivity contribution in [2.75, 3.05) is 43.5 Å². The number of carbonyl (C=O) groups excluding carboxylic acids is 1. The molecule has 38 heavy (non-hydrogen) atoms. The number of hydrazone groups is 1. The minimum absolute atomic E-state index is 0.105. The summed E-state index contributed by atoms with van der Waals surface area (Å²) < 4.78 is 44.3. The summed E-state index contributed by atoms with van der Waals surface area (Å²) in [4.78, 5) is 22.7. The van der Waals surface area contributed by atoms with E-state index in [9.17, 15) is 18.0 Å². The Morgan fingerprint density at radius 1 is 1.13 bits per heavy atom. The van der Waals surface area contributed by atoms with Crippen LogP contribution in [0.5, 0.6) is 0 Å². The molecule has 1 aromatic heterocycles. The number of pyridine rings is 1. The molecule has 1 saturated heterocycles. The third-order valence-corrected chi connectivity index (χ3v) is 6.54. The van der Waals surface area contributed by atoms with Gasteiger partial charge in [0.25, 0.3) is 0 Å². The van der Waals surface area contributed by atoms with Crippen molar-refractivity contribution in [3.63, 3.8) is 0 Å². The molecule has 10 nitrogen and oxygen atoms in total. The molecule has 13 heteroatoms. The van der Waals surface area contributed by atoms with Crippen LogP contribution in [0.2, 0.25) is 0 Å². The number of aliphatic imine (C=N–C) groups is 1. The van der Waals surface area contributed by atoms with Gasteiger partial charge in [-0.1, -0.05) is 18.2 Å². The van der Waals surface area contributed by atoms with Gasteiger partial charge in [-0.25, -0.2) is 14.8 Å². The highest BCUT2D eigenvalue weighted by molar-refractivity contribution is 5.99. The Morgan fingerprint density at radius 3 is 2.74 bits per heavy atom. The monoisotopic (exact) mass is 528 g/mol. The highest BCUT2D eigenvalue weighted by atomic mass is 19.4. The van der Waals surface area contributed by atoms with E-state index in [2.05, 4.69) is 36.7 Å². The summed E-state index contributed by atoms with van der Waals surface area (Å²) in [6.45, 7) is 3.94. The number of benzene rings is 1. The van der Waals surface area contributed by atoms with Crippen LogP contribution in [0.25, 0.3) is 0 Å². The van der Waals surface area contributed by atoms with E-state index in [0.717, 1.165) is 55.7 Å². The van der Waals surface area contributed by atoms with Gasteiger partial charge < -0.3 is 15.8 Å². The fraction of sp³-hybridized carbons (Fsp3) is 0.360. The number of ether oxygens (including phenoxy) is 1. The highest BCUT2D eigenvalue weighted by Crippen LogP contribution is 2.37. The second-order valence-electron chi connectivity index (χ2n) is 9.13. The van der Waals surface area contributed by atoms with Crippen LogP contribution in [0, 0.1) is 0 Å². The maximum atomic E-state index is 12.9. The van der Waals surface area contributed by atoms with Gasteiger partial charge in [0.2, 0.25) is 0 Å². The Balaban J connectivity index is 1.27. The Kier molecular flexibility index (Phi) is 7.29. The van der Waals surface area contributed by atoms with Gasteiger partial charge in [-0.15, -0.1) is 0 Å². The molecule has 3 aliphatic rings. The molecule has 0 saturated carbocycles. The van der Waals surface area contributed by atoms with E-state index in [-0.39, 0.29) is 17.8 Å². The number of halogens is 3. The van der Waals surface area contributed by atoms with Crippen molar-refractivity contribution in [2.24, 2.45) is 15.8 Å². The quantitative estimate of drug-likeness (QED) is 0.547. The average molecular weight is 529 g/mol. The third kappa shape index (κ3) is 5.78. The molecule has 2 atom stereocenters. The lowest BCUT2D eigenvalue weighted by Crippen LogP contribution is -2.45. The van der Waals surface area contributed by atoms with Gasteiger partial charge in [0, 0.05) is 49.7 Å². The minimum Gasteiger partial charge on any atom is -0.385 e. The number of carbonyl (C=O) groups is 1. The number of amidine groups is 1. The molecule has 0 bridgehead atoms. The molecule has 1 aromatic carbocycles. The number of nitrogens with two attached hydrogens (primary N) is 1. The maximum absolute atomic E-state index is 12.9. The van der Waals surface area contributed by atoms with Crippen LogP contribution >= 0.6 is 0 Å². The minimum atomic E-state index is -4.53. The molecule has 4 heterocycles. The highest BCUT2D eigenvalue weighted by Gasteiger charge is 2.40. The lowest BCUT2D eigenvalue weighted by Gasteiger charge is -2.31. The number of rotatable bonds is 5. The standard InChI is InChI=1S/C25H27F3N8O2/c26-25(27,28)17-6-7-30-21(12-17)34-24(37)33-18-4-2-16(3-5-18)20-13-19(14-35-8-1-10-38-11-9-35)36-22(20)23(29)31-15-32-36/h2-7,12-13,15,20,22H,1,8-11,14H2,(H2,29,31,32)(H2,30,33,34,37). The summed E-state index contributed by atoms with van der Waals surface area (Å²) in [5.74, 6) is 0.151. The van der Waals surface area contributed by atoms with Crippen molar-refractivity contribution in [2.45, 2.75) is 24.6 Å². The Labute approximate surface area is 217 Å². The Hall–Kier alpha value is -3.97. The van der Waals surface area contributed by atoms with E-state index < -0.39 is 17.8 Å². The SMILES string of the molecule is NC1=NC=NN2C(CN3CCCOCC3)=CC(c3ccc(NC(=O)Nc4cc(C(F)(F)F)ccn4)cc3)C12. The molecule has 200 valence electrons. The van der Waals surface area contributed by atoms with Gasteiger partial charge >= 0.3 is 12.2 Å². The second-order valence-corrected chi connectivity index (χ2v) is 9.13. The van der Waals surface area contributed by atoms with Crippen molar-refractivity contribution in [3.8, 4) is 0 Å². The van der Waals surface area contributed by atoms with Gasteiger partial charge in [-0.3, -0.25) is 15.2 Å². The van der Waals surface area contributed by atoms with Crippen LogP contribution in [0.4, 0.5) is 29.5 Å². The van der Waals surface area contributed by atoms with Gasteiger partial charge in [0.15, 0.2) is 0 Å². The van der Waals surface area contributed by atoms with Crippen LogP contribution in [-0.2, 0) is 10.9 Å². The number of nitrogens with one attached hydrogen (secondary N) is 2. The number of nitrogens with zero attached hydrogens (tertiary/aromatic N) is 5. The van der Waals surface area contributed by atoms with Crippen LogP contribution in [-0.4, -0.2) is 72.0 Å². The lowest BCUT2D eigenvalue weighted by atomic mass is 9.92. The van der Waals surface area contributed by atoms with E-state index in [1.165, 1.54) is 6.34 Å². The van der Waals surface area contributed by atoms with Crippen LogP contribution in [0.1, 0.15) is 23.5 Å². The van der Waals surface area contributed by atoms with E-state index >= 15 is 0 Å². The van der Waals surface area contributed by atoms with Gasteiger partial charge in [0.05, 0.1) is 12.2 Å². The smallest absolute Gasteiger partial charge is 0.385 e. The maximum Gasteiger partial charge on any atom is 0.416 e. The predicted octanol–water partition coefficient (Wildman–Crippen LogP) is 3.43. The number of aromatic nitrogens is 1. The molecule has 2 amide bonds. The number of anilines is 2. The van der Waals surface area contributed by atoms with Crippen molar-refractivity contribution in [3.05, 3.63) is 65.5 Å². The number of amides is 2. The molecule has 0 aliphatic carbocycles. The molecule has 4 N–H and O–H groups in total. The number of fused-ring (bicyclic) bond motifs is 1. The fourth-order valence-corrected chi connectivity index (χ4v) is 4.72. The van der Waals surface area contributed by atoms with E-state index in [1.54, 1.807) is 12.1 Å². The van der Waals surface area contributed by atoms with Crippen molar-refractivity contribution < 1.29 is 22.7 Å². The molecule has 2 unspecified atom stereocenters. The summed E-state index contributed by atoms with van der Waals surface area (Å²) in [5, 5.41) is 11.3. The number of urea groups is 1. The summed E-state index contributed by atoms with van der Waals surface area (Å²) >= 11 is 0. The third-order valence-electron chi connectivity index (χ3n) is 6.54. The first-order valence-corrected chi connectivity index (χ1v) is 12.1. The molecule has 5 rings (SSSR count). The van der Waals surface area contributed by atoms with E-state index in [1.807, 2.05) is 17.1 Å². The average Bonchev–Trinajstić information content (AvgIpc) is 3.05. The summed E-state index contributed by atoms with van der Waals surface area (Å²) in [7, 11) is 0. The zero-order chi connectivity index (χ0) is 26.7. The number of hydrogen-bond acceptors (Lipinski definition) is 8. The number of alkyl halides is 3. The molecular weight excluding hydrogens is 501 g/mol.